The molecule has 0 bridgehead atoms. The fraction of sp³-hybridized carbons (Fsp3) is 0.278. The van der Waals surface area contributed by atoms with Crippen molar-refractivity contribution in [2.24, 2.45) is 0 Å². The Balaban J connectivity index is 2.05. The fourth-order valence-electron chi connectivity index (χ4n) is 2.81. The minimum atomic E-state index is -5.66. The first-order valence-electron chi connectivity index (χ1n) is 8.67. The second kappa shape index (κ2) is 8.69. The minimum absolute atomic E-state index is 0.0248. The molecule has 2 aromatic rings. The van der Waals surface area contributed by atoms with Crippen molar-refractivity contribution >= 4 is 16.1 Å². The molecule has 0 radical (unpaired) electrons. The van der Waals surface area contributed by atoms with Crippen molar-refractivity contribution in [2.45, 2.75) is 30.4 Å². The summed E-state index contributed by atoms with van der Waals surface area (Å²) in [4.78, 5) is 9.16. The Kier molecular flexibility index (Phi) is 6.38. The third-order valence-corrected chi connectivity index (χ3v) is 5.12. The van der Waals surface area contributed by atoms with E-state index < -0.39 is 67.6 Å². The van der Waals surface area contributed by atoms with E-state index in [2.05, 4.69) is 0 Å². The van der Waals surface area contributed by atoms with Crippen LogP contribution in [0.15, 0.2) is 23.1 Å². The van der Waals surface area contributed by atoms with Crippen LogP contribution in [-0.4, -0.2) is 36.9 Å². The van der Waals surface area contributed by atoms with Gasteiger partial charge in [-0.15, -0.1) is 0 Å². The van der Waals surface area contributed by atoms with Gasteiger partial charge in [0.25, 0.3) is 0 Å². The Hall–Kier alpha value is -2.90. The zero-order chi connectivity index (χ0) is 22.9. The predicted molar refractivity (Wildman–Crippen MR) is 93.8 cm³/mol. The van der Waals surface area contributed by atoms with Crippen LogP contribution in [0.3, 0.4) is 0 Å². The highest BCUT2D eigenvalue weighted by Crippen LogP contribution is 2.37. The van der Waals surface area contributed by atoms with Crippen LogP contribution in [0.2, 0.25) is 0 Å². The van der Waals surface area contributed by atoms with Crippen LogP contribution >= 0.6 is 0 Å². The zero-order valence-corrected chi connectivity index (χ0v) is 16.2. The molecule has 0 amide bonds. The molecule has 168 valence electrons. The average Bonchev–Trinajstić information content (AvgIpc) is 2.69. The largest absolute Gasteiger partial charge is 0.478 e. The van der Waals surface area contributed by atoms with Crippen molar-refractivity contribution in [1.29, 1.82) is 0 Å². The van der Waals surface area contributed by atoms with Gasteiger partial charge in [-0.1, -0.05) is 0 Å². The van der Waals surface area contributed by atoms with E-state index in [0.29, 0.717) is 13.0 Å². The lowest BCUT2D eigenvalue weighted by atomic mass is 10.2. The van der Waals surface area contributed by atoms with Gasteiger partial charge in [-0.3, -0.25) is 4.55 Å². The predicted octanol–water partition coefficient (Wildman–Crippen LogP) is 3.89. The van der Waals surface area contributed by atoms with E-state index in [1.54, 1.807) is 0 Å². The lowest BCUT2D eigenvalue weighted by molar-refractivity contribution is -0.105. The van der Waals surface area contributed by atoms with E-state index in [1.165, 1.54) is 6.07 Å². The Labute approximate surface area is 172 Å². The van der Waals surface area contributed by atoms with Gasteiger partial charge in [0.15, 0.2) is 22.8 Å². The smallest absolute Gasteiger partial charge is 0.339 e. The van der Waals surface area contributed by atoms with Crippen LogP contribution < -0.4 is 9.47 Å². The van der Waals surface area contributed by atoms with Crippen LogP contribution in [0.5, 0.6) is 17.2 Å². The molecule has 2 aromatic carbocycles. The van der Waals surface area contributed by atoms with E-state index in [0.717, 1.165) is 25.0 Å². The lowest BCUT2D eigenvalue weighted by Crippen LogP contribution is -2.25. The quantitative estimate of drug-likeness (QED) is 0.374. The van der Waals surface area contributed by atoms with E-state index in [1.807, 2.05) is 0 Å². The lowest BCUT2D eigenvalue weighted by Gasteiger charge is -2.23. The number of carbonyl (C=O) groups is 1. The number of carboxylic acid groups (broad SMARTS) is 1. The molecule has 2 N–H and O–H groups in total. The van der Waals surface area contributed by atoms with Gasteiger partial charge >= 0.3 is 16.1 Å². The van der Waals surface area contributed by atoms with Crippen LogP contribution in [0.4, 0.5) is 17.6 Å². The summed E-state index contributed by atoms with van der Waals surface area (Å²) in [5.41, 5.74) is -0.643. The van der Waals surface area contributed by atoms with Gasteiger partial charge in [0.2, 0.25) is 17.4 Å². The summed E-state index contributed by atoms with van der Waals surface area (Å²) in [5.74, 6) is -13.6. The fourth-order valence-corrected chi connectivity index (χ4v) is 3.44. The molecule has 31 heavy (non-hydrogen) atoms. The molecule has 1 unspecified atom stereocenters. The maximum absolute atomic E-state index is 14.2. The van der Waals surface area contributed by atoms with Crippen LogP contribution in [0, 0.1) is 23.3 Å². The summed E-state index contributed by atoms with van der Waals surface area (Å²) < 4.78 is 103. The third-order valence-electron chi connectivity index (χ3n) is 4.24. The topological polar surface area (TPSA) is 119 Å². The molecule has 0 saturated carbocycles. The maximum Gasteiger partial charge on any atom is 0.339 e. The van der Waals surface area contributed by atoms with Crippen molar-refractivity contribution < 1.29 is 54.6 Å². The second-order valence-electron chi connectivity index (χ2n) is 6.37. The molecule has 0 aromatic heterocycles. The molecule has 13 heteroatoms. The monoisotopic (exact) mass is 466 g/mol. The van der Waals surface area contributed by atoms with E-state index in [4.69, 9.17) is 18.8 Å². The summed E-state index contributed by atoms with van der Waals surface area (Å²) in [7, 11) is -5.66. The van der Waals surface area contributed by atoms with E-state index >= 15 is 0 Å². The number of halogens is 4. The Bertz CT molecular complexity index is 1100. The van der Waals surface area contributed by atoms with Crippen LogP contribution in [0.1, 0.15) is 29.6 Å². The highest BCUT2D eigenvalue weighted by atomic mass is 32.2. The number of benzene rings is 2. The molecular weight excluding hydrogens is 452 g/mol. The molecule has 1 aliphatic heterocycles. The summed E-state index contributed by atoms with van der Waals surface area (Å²) in [6.07, 6.45) is 1.47. The normalized spacial score (nSPS) is 16.7. The average molecular weight is 466 g/mol. The molecule has 1 saturated heterocycles. The third kappa shape index (κ3) is 4.73. The number of rotatable bonds is 6. The summed E-state index contributed by atoms with van der Waals surface area (Å²) in [6.45, 7) is 0.427. The number of aromatic carboxylic acids is 1. The second-order valence-corrected chi connectivity index (χ2v) is 7.73. The summed E-state index contributed by atoms with van der Waals surface area (Å²) >= 11 is 0. The molecule has 0 aliphatic carbocycles. The van der Waals surface area contributed by atoms with Gasteiger partial charge in [-0.2, -0.15) is 17.2 Å². The van der Waals surface area contributed by atoms with Gasteiger partial charge in [0.05, 0.1) is 6.61 Å². The van der Waals surface area contributed by atoms with Gasteiger partial charge in [-0.25, -0.2) is 13.6 Å². The molecule has 8 nitrogen and oxygen atoms in total. The number of ether oxygens (including phenoxy) is 3. The molecule has 1 aliphatic rings. The van der Waals surface area contributed by atoms with Gasteiger partial charge in [0.1, 0.15) is 17.1 Å². The van der Waals surface area contributed by atoms with Crippen LogP contribution in [-0.2, 0) is 14.9 Å². The minimum Gasteiger partial charge on any atom is -0.478 e. The van der Waals surface area contributed by atoms with Crippen LogP contribution in [0.25, 0.3) is 0 Å². The van der Waals surface area contributed by atoms with E-state index in [9.17, 15) is 35.9 Å². The molecule has 1 heterocycles. The first-order valence-corrected chi connectivity index (χ1v) is 10.1. The number of carboxylic acids is 1. The molecule has 0 spiro atoms. The summed E-state index contributed by atoms with van der Waals surface area (Å²) in [5, 5.41) is 9.26. The molecular formula is C18H14F4O8S. The van der Waals surface area contributed by atoms with Gasteiger partial charge in [0, 0.05) is 12.5 Å². The SMILES string of the molecule is O=C(O)c1ccc(OC2CCCCO2)cc1Oc1c(F)c(F)c(S(=O)(=O)O)c(F)c1F. The summed E-state index contributed by atoms with van der Waals surface area (Å²) in [6, 6.07) is 3.08. The Morgan fingerprint density at radius 1 is 1.06 bits per heavy atom. The van der Waals surface area contributed by atoms with Gasteiger partial charge in [-0.05, 0) is 25.0 Å². The Morgan fingerprint density at radius 2 is 1.71 bits per heavy atom. The Morgan fingerprint density at radius 3 is 2.23 bits per heavy atom. The molecule has 1 fully saturated rings. The number of hydrogen-bond donors (Lipinski definition) is 2. The standard InChI is InChI=1S/C18H14F4O8S/c19-12-14(21)17(31(25,26)27)15(22)13(20)16(12)30-10-7-8(4-5-9(10)18(23)24)29-11-3-1-2-6-28-11/h4-5,7,11H,1-3,6H2,(H,23,24)(H,25,26,27). The molecule has 1 atom stereocenters. The maximum atomic E-state index is 14.2. The van der Waals surface area contributed by atoms with Crippen molar-refractivity contribution in [2.75, 3.05) is 6.61 Å². The zero-order valence-electron chi connectivity index (χ0n) is 15.4. The van der Waals surface area contributed by atoms with Crippen molar-refractivity contribution in [3.8, 4) is 17.2 Å². The van der Waals surface area contributed by atoms with Crippen molar-refractivity contribution in [3.63, 3.8) is 0 Å². The van der Waals surface area contributed by atoms with Crippen molar-refractivity contribution in [3.05, 3.63) is 47.0 Å². The first-order chi connectivity index (χ1) is 14.5. The highest BCUT2D eigenvalue weighted by molar-refractivity contribution is 7.85. The first kappa shape index (κ1) is 22.8. The van der Waals surface area contributed by atoms with Gasteiger partial charge < -0.3 is 19.3 Å². The number of hydrogen-bond acceptors (Lipinski definition) is 6. The van der Waals surface area contributed by atoms with E-state index in [-0.39, 0.29) is 5.75 Å². The van der Waals surface area contributed by atoms with Crippen molar-refractivity contribution in [1.82, 2.24) is 0 Å². The molecule has 3 rings (SSSR count). The highest BCUT2D eigenvalue weighted by Gasteiger charge is 2.34.